The van der Waals surface area contributed by atoms with E-state index in [1.165, 1.54) is 0 Å². The summed E-state index contributed by atoms with van der Waals surface area (Å²) in [4.78, 5) is 0. The van der Waals surface area contributed by atoms with E-state index in [-0.39, 0.29) is 24.2 Å². The van der Waals surface area contributed by atoms with E-state index in [9.17, 15) is 2.74 Å². The number of hydrogen-bond donors (Lipinski definition) is 0. The number of rotatable bonds is 3. The summed E-state index contributed by atoms with van der Waals surface area (Å²) in [6.45, 7) is 0. The average Bonchev–Trinajstić information content (AvgIpc) is 3.51. The highest BCUT2D eigenvalue weighted by molar-refractivity contribution is 6.27. The standard InChI is InChI=1S/C42H26O/c1-2-11-27(12-3-1)28-21-23-30(24-22-28)39-32-15-6-8-17-34(32)40(35-18-9-7-16-33(35)39)36-19-10-20-38-41(36)37-26-25-29-13-4-5-14-31(29)42(37)43-38/h1-26H/i21D,22D,23D,24D. The Morgan fingerprint density at radius 2 is 0.977 bits per heavy atom. The first kappa shape index (κ1) is 20.3. The van der Waals surface area contributed by atoms with E-state index in [0.717, 1.165) is 65.4 Å². The van der Waals surface area contributed by atoms with Gasteiger partial charge in [0.1, 0.15) is 11.2 Å². The van der Waals surface area contributed by atoms with Crippen molar-refractivity contribution in [2.24, 2.45) is 0 Å². The molecule has 0 atom stereocenters. The van der Waals surface area contributed by atoms with Gasteiger partial charge in [-0.1, -0.05) is 145 Å². The van der Waals surface area contributed by atoms with Crippen molar-refractivity contribution in [2.75, 3.05) is 0 Å². The van der Waals surface area contributed by atoms with Crippen molar-refractivity contribution >= 4 is 54.3 Å². The molecule has 0 radical (unpaired) electrons. The summed E-state index contributed by atoms with van der Waals surface area (Å²) >= 11 is 0. The van der Waals surface area contributed by atoms with Crippen LogP contribution in [0.25, 0.3) is 87.6 Å². The third-order valence-corrected chi connectivity index (χ3v) is 8.53. The zero-order valence-electron chi connectivity index (χ0n) is 27.1. The second-order valence-corrected chi connectivity index (χ2v) is 10.9. The van der Waals surface area contributed by atoms with Crippen LogP contribution < -0.4 is 0 Å². The average molecular weight is 551 g/mol. The van der Waals surface area contributed by atoms with E-state index >= 15 is 0 Å². The second-order valence-electron chi connectivity index (χ2n) is 10.9. The highest BCUT2D eigenvalue weighted by atomic mass is 16.3. The SMILES string of the molecule is [2H]c1c([2H])c(-c2c3ccccc3c(-c3cccc4oc5c6ccccc6ccc5c34)c3ccccc23)c([2H])c([2H])c1-c1ccccc1. The van der Waals surface area contributed by atoms with Crippen LogP contribution in [0.4, 0.5) is 0 Å². The summed E-state index contributed by atoms with van der Waals surface area (Å²) in [6.07, 6.45) is 0. The normalized spacial score (nSPS) is 13.0. The summed E-state index contributed by atoms with van der Waals surface area (Å²) in [5, 5.41) is 7.93. The van der Waals surface area contributed by atoms with Crippen LogP contribution in [0, 0.1) is 0 Å². The van der Waals surface area contributed by atoms with E-state index in [0.29, 0.717) is 22.3 Å². The largest absolute Gasteiger partial charge is 0.455 e. The second kappa shape index (κ2) is 9.44. The van der Waals surface area contributed by atoms with Crippen molar-refractivity contribution in [1.82, 2.24) is 0 Å². The lowest BCUT2D eigenvalue weighted by Crippen LogP contribution is -1.91. The summed E-state index contributed by atoms with van der Waals surface area (Å²) in [7, 11) is 0. The lowest BCUT2D eigenvalue weighted by Gasteiger charge is -2.18. The molecule has 1 aromatic heterocycles. The molecule has 1 heterocycles. The predicted octanol–water partition coefficient (Wildman–Crippen LogP) is 12.0. The third kappa shape index (κ3) is 3.65. The number of benzene rings is 8. The molecule has 9 rings (SSSR count). The van der Waals surface area contributed by atoms with E-state index in [1.807, 2.05) is 91.0 Å². The van der Waals surface area contributed by atoms with E-state index in [1.54, 1.807) is 0 Å². The topological polar surface area (TPSA) is 13.1 Å². The van der Waals surface area contributed by atoms with Crippen molar-refractivity contribution in [1.29, 1.82) is 0 Å². The molecule has 0 bridgehead atoms. The maximum atomic E-state index is 9.27. The third-order valence-electron chi connectivity index (χ3n) is 8.53. The molecule has 1 heteroatoms. The molecule has 43 heavy (non-hydrogen) atoms. The van der Waals surface area contributed by atoms with Gasteiger partial charge in [0, 0.05) is 16.2 Å². The van der Waals surface area contributed by atoms with Crippen LogP contribution in [0.1, 0.15) is 5.48 Å². The van der Waals surface area contributed by atoms with Crippen molar-refractivity contribution < 1.29 is 9.90 Å². The molecule has 0 aliphatic rings. The van der Waals surface area contributed by atoms with Crippen LogP contribution in [-0.4, -0.2) is 0 Å². The Morgan fingerprint density at radius 1 is 0.395 bits per heavy atom. The fourth-order valence-corrected chi connectivity index (χ4v) is 6.64. The first-order valence-electron chi connectivity index (χ1n) is 16.5. The molecule has 0 saturated heterocycles. The van der Waals surface area contributed by atoms with Gasteiger partial charge in [0.25, 0.3) is 0 Å². The first-order chi connectivity index (χ1) is 23.0. The smallest absolute Gasteiger partial charge is 0.143 e. The van der Waals surface area contributed by atoms with Crippen LogP contribution in [0.15, 0.2) is 162 Å². The van der Waals surface area contributed by atoms with Crippen molar-refractivity contribution in [2.45, 2.75) is 0 Å². The van der Waals surface area contributed by atoms with Gasteiger partial charge in [-0.2, -0.15) is 0 Å². The molecule has 0 saturated carbocycles. The summed E-state index contributed by atoms with van der Waals surface area (Å²) in [5.74, 6) is 0. The monoisotopic (exact) mass is 550 g/mol. The highest BCUT2D eigenvalue weighted by Gasteiger charge is 2.20. The molecule has 200 valence electrons. The molecular formula is C42H26O. The molecule has 0 aliphatic carbocycles. The van der Waals surface area contributed by atoms with E-state index < -0.39 is 0 Å². The highest BCUT2D eigenvalue weighted by Crippen LogP contribution is 2.47. The number of hydrogen-bond acceptors (Lipinski definition) is 1. The van der Waals surface area contributed by atoms with Crippen LogP contribution in [0.5, 0.6) is 0 Å². The van der Waals surface area contributed by atoms with Gasteiger partial charge in [-0.15, -0.1) is 0 Å². The van der Waals surface area contributed by atoms with Gasteiger partial charge in [-0.05, 0) is 72.4 Å². The molecule has 0 unspecified atom stereocenters. The molecule has 0 aliphatic heterocycles. The van der Waals surface area contributed by atoms with Gasteiger partial charge in [-0.25, -0.2) is 0 Å². The lowest BCUT2D eigenvalue weighted by molar-refractivity contribution is 0.673. The fourth-order valence-electron chi connectivity index (χ4n) is 6.64. The quantitative estimate of drug-likeness (QED) is 0.199. The van der Waals surface area contributed by atoms with Crippen molar-refractivity contribution in [3.63, 3.8) is 0 Å². The summed E-state index contributed by atoms with van der Waals surface area (Å²) in [6, 6.07) is 44.0. The first-order valence-corrected chi connectivity index (χ1v) is 14.5. The van der Waals surface area contributed by atoms with Crippen molar-refractivity contribution in [3.05, 3.63) is 158 Å². The van der Waals surface area contributed by atoms with Gasteiger partial charge in [0.2, 0.25) is 0 Å². The van der Waals surface area contributed by atoms with Gasteiger partial charge in [0.15, 0.2) is 0 Å². The van der Waals surface area contributed by atoms with Gasteiger partial charge in [0.05, 0.1) is 5.48 Å². The molecule has 0 amide bonds. The maximum absolute atomic E-state index is 9.27. The molecule has 0 spiro atoms. The lowest BCUT2D eigenvalue weighted by atomic mass is 9.84. The molecule has 9 aromatic rings. The summed E-state index contributed by atoms with van der Waals surface area (Å²) < 4.78 is 43.2. The molecule has 0 fully saturated rings. The van der Waals surface area contributed by atoms with Gasteiger partial charge < -0.3 is 4.42 Å². The van der Waals surface area contributed by atoms with Crippen LogP contribution >= 0.6 is 0 Å². The molecular weight excluding hydrogens is 520 g/mol. The zero-order chi connectivity index (χ0) is 31.8. The Hall–Kier alpha value is -5.66. The molecule has 0 N–H and O–H groups in total. The summed E-state index contributed by atoms with van der Waals surface area (Å²) in [5.41, 5.74) is 5.71. The van der Waals surface area contributed by atoms with Crippen LogP contribution in [0.3, 0.4) is 0 Å². The van der Waals surface area contributed by atoms with Crippen molar-refractivity contribution in [3.8, 4) is 33.4 Å². The van der Waals surface area contributed by atoms with E-state index in [4.69, 9.17) is 7.16 Å². The minimum atomic E-state index is -0.0530. The van der Waals surface area contributed by atoms with Crippen LogP contribution in [-0.2, 0) is 0 Å². The Labute approximate surface area is 254 Å². The maximum Gasteiger partial charge on any atom is 0.143 e. The Balaban J connectivity index is 1.41. The Bertz CT molecular complexity index is 2640. The zero-order valence-corrected chi connectivity index (χ0v) is 23.1. The predicted molar refractivity (Wildman–Crippen MR) is 183 cm³/mol. The Kier molecular flexibility index (Phi) is 4.45. The number of furan rings is 1. The number of fused-ring (bicyclic) bond motifs is 7. The van der Waals surface area contributed by atoms with Gasteiger partial charge in [-0.3, -0.25) is 0 Å². The Morgan fingerprint density at radius 3 is 1.67 bits per heavy atom. The molecule has 8 aromatic carbocycles. The molecule has 1 nitrogen and oxygen atoms in total. The van der Waals surface area contributed by atoms with E-state index in [2.05, 4.69) is 42.5 Å². The minimum Gasteiger partial charge on any atom is -0.455 e. The fraction of sp³-hybridized carbons (Fsp3) is 0. The van der Waals surface area contributed by atoms with Gasteiger partial charge >= 0.3 is 0 Å². The minimum absolute atomic E-state index is 0.0497. The van der Waals surface area contributed by atoms with Crippen LogP contribution in [0.2, 0.25) is 0 Å².